The number of hydrogen-bond donors (Lipinski definition) is 2. The van der Waals surface area contributed by atoms with Gasteiger partial charge in [0.25, 0.3) is 23.6 Å². The lowest BCUT2D eigenvalue weighted by atomic mass is 10.1. The van der Waals surface area contributed by atoms with Crippen LogP contribution >= 0.6 is 0 Å². The summed E-state index contributed by atoms with van der Waals surface area (Å²) in [5, 5.41) is 19.2. The van der Waals surface area contributed by atoms with Gasteiger partial charge in [-0.05, 0) is 22.5 Å². The predicted molar refractivity (Wildman–Crippen MR) is 116 cm³/mol. The first-order chi connectivity index (χ1) is 15.5. The average molecular weight is 466 g/mol. The molecule has 0 saturated heterocycles. The number of amides is 4. The van der Waals surface area contributed by atoms with Gasteiger partial charge in [-0.3, -0.25) is 38.6 Å². The van der Waals surface area contributed by atoms with Gasteiger partial charge in [0.1, 0.15) is 21.2 Å². The molecule has 2 aromatic carbocycles. The predicted octanol–water partition coefficient (Wildman–Crippen LogP) is -0.130. The molecule has 168 valence electrons. The van der Waals surface area contributed by atoms with Crippen molar-refractivity contribution in [2.75, 3.05) is 13.1 Å². The highest BCUT2D eigenvalue weighted by atomic mass is 28.3. The summed E-state index contributed by atoms with van der Waals surface area (Å²) in [6.07, 6.45) is 0. The van der Waals surface area contributed by atoms with Crippen LogP contribution in [0.5, 0.6) is 0 Å². The molecule has 2 aliphatic heterocycles. The molecule has 10 nitrogen and oxygen atoms in total. The second-order valence-electron chi connectivity index (χ2n) is 8.26. The third-order valence-electron chi connectivity index (χ3n) is 5.93. The highest BCUT2D eigenvalue weighted by Gasteiger charge is 2.46. The van der Waals surface area contributed by atoms with Crippen LogP contribution in [0.1, 0.15) is 41.4 Å². The molecule has 11 heteroatoms. The summed E-state index contributed by atoms with van der Waals surface area (Å²) in [6.45, 7) is 2.14. The van der Waals surface area contributed by atoms with Crippen LogP contribution in [-0.2, 0) is 9.59 Å². The third-order valence-corrected chi connectivity index (χ3v) is 9.46. The van der Waals surface area contributed by atoms with E-state index in [0.717, 1.165) is 0 Å². The molecule has 2 heterocycles. The molecule has 0 bridgehead atoms. The van der Waals surface area contributed by atoms with Crippen molar-refractivity contribution in [1.82, 2.24) is 9.80 Å². The smallest absolute Gasteiger partial charge is 0.323 e. The number of carboxylic acid groups (broad SMARTS) is 2. The Morgan fingerprint density at radius 3 is 1.39 bits per heavy atom. The minimum Gasteiger partial charge on any atom is -0.480 e. The second-order valence-corrected chi connectivity index (χ2v) is 12.6. The zero-order valence-corrected chi connectivity index (χ0v) is 18.6. The second kappa shape index (κ2) is 7.48. The molecule has 0 fully saturated rings. The molecule has 2 N–H and O–H groups in total. The van der Waals surface area contributed by atoms with Gasteiger partial charge in [0.05, 0.1) is 22.3 Å². The van der Waals surface area contributed by atoms with E-state index >= 15 is 0 Å². The number of benzene rings is 2. The summed E-state index contributed by atoms with van der Waals surface area (Å²) in [5.74, 6) is -5.52. The van der Waals surface area contributed by atoms with E-state index in [1.807, 2.05) is 13.1 Å². The minimum absolute atomic E-state index is 0.0850. The van der Waals surface area contributed by atoms with Gasteiger partial charge in [0.15, 0.2) is 0 Å². The van der Waals surface area contributed by atoms with Crippen LogP contribution in [-0.4, -0.2) is 76.7 Å². The number of rotatable bonds is 6. The first-order valence-corrected chi connectivity index (χ1v) is 12.9. The van der Waals surface area contributed by atoms with Crippen LogP contribution in [0.25, 0.3) is 0 Å². The van der Waals surface area contributed by atoms with Crippen LogP contribution in [0.15, 0.2) is 36.4 Å². The first-order valence-electron chi connectivity index (χ1n) is 9.89. The van der Waals surface area contributed by atoms with Crippen LogP contribution < -0.4 is 10.4 Å². The van der Waals surface area contributed by atoms with Crippen molar-refractivity contribution in [3.05, 3.63) is 58.7 Å². The molecule has 0 aromatic heterocycles. The van der Waals surface area contributed by atoms with Crippen molar-refractivity contribution in [2.24, 2.45) is 0 Å². The average Bonchev–Trinajstić information content (AvgIpc) is 3.14. The Kier molecular flexibility index (Phi) is 5.01. The monoisotopic (exact) mass is 466 g/mol. The van der Waals surface area contributed by atoms with Gasteiger partial charge in [-0.1, -0.05) is 37.4 Å². The van der Waals surface area contributed by atoms with Gasteiger partial charge in [-0.2, -0.15) is 0 Å². The number of aliphatic carboxylic acids is 2. The van der Waals surface area contributed by atoms with Gasteiger partial charge < -0.3 is 10.2 Å². The van der Waals surface area contributed by atoms with Gasteiger partial charge in [0, 0.05) is 0 Å². The van der Waals surface area contributed by atoms with E-state index in [1.165, 1.54) is 12.1 Å². The molecular weight excluding hydrogens is 448 g/mol. The Morgan fingerprint density at radius 1 is 0.697 bits per heavy atom. The molecule has 0 atom stereocenters. The normalized spacial score (nSPS) is 15.2. The van der Waals surface area contributed by atoms with Gasteiger partial charge in [-0.25, -0.2) is 0 Å². The summed E-state index contributed by atoms with van der Waals surface area (Å²) < 4.78 is 0. The van der Waals surface area contributed by atoms with Crippen LogP contribution in [0.2, 0.25) is 13.1 Å². The minimum atomic E-state index is -2.95. The molecule has 0 aliphatic carbocycles. The maximum Gasteiger partial charge on any atom is 0.323 e. The van der Waals surface area contributed by atoms with E-state index < -0.39 is 56.7 Å². The molecule has 4 rings (SSSR count). The standard InChI is InChI=1S/C22H18N2O8Si/c1-33(2,13-7-3-5-11-17(13)21(31)23(19(11)29)9-15(25)26)14-8-4-6-12-18(14)22(32)24(20(12)30)10-16(27)28/h3-8H,9-10H2,1-2H3,(H,25,26)(H,27,28). The molecule has 2 aromatic rings. The topological polar surface area (TPSA) is 149 Å². The van der Waals surface area contributed by atoms with Crippen molar-refractivity contribution in [1.29, 1.82) is 0 Å². The highest BCUT2D eigenvalue weighted by molar-refractivity contribution is 7.01. The summed E-state index contributed by atoms with van der Waals surface area (Å²) in [7, 11) is -2.95. The van der Waals surface area contributed by atoms with E-state index in [9.17, 15) is 28.8 Å². The van der Waals surface area contributed by atoms with Crippen molar-refractivity contribution < 1.29 is 39.0 Å². The Labute approximate surface area is 188 Å². The number of imide groups is 2. The lowest BCUT2D eigenvalue weighted by molar-refractivity contribution is -0.138. The van der Waals surface area contributed by atoms with Crippen molar-refractivity contribution in [2.45, 2.75) is 13.1 Å². The summed E-state index contributed by atoms with van der Waals surface area (Å²) >= 11 is 0. The lowest BCUT2D eigenvalue weighted by Crippen LogP contribution is -2.56. The molecule has 0 saturated carbocycles. The van der Waals surface area contributed by atoms with Crippen LogP contribution in [0, 0.1) is 0 Å². The van der Waals surface area contributed by atoms with Gasteiger partial charge >= 0.3 is 11.9 Å². The fourth-order valence-electron chi connectivity index (χ4n) is 4.41. The molecule has 0 spiro atoms. The molecular formula is C22H18N2O8Si. The Balaban J connectivity index is 1.87. The van der Waals surface area contributed by atoms with Crippen LogP contribution in [0.3, 0.4) is 0 Å². The maximum absolute atomic E-state index is 13.0. The van der Waals surface area contributed by atoms with Crippen molar-refractivity contribution in [3.63, 3.8) is 0 Å². The number of carbonyl (C=O) groups is 6. The van der Waals surface area contributed by atoms with Gasteiger partial charge in [0.2, 0.25) is 0 Å². The molecule has 2 aliphatic rings. The fourth-order valence-corrected chi connectivity index (χ4v) is 7.46. The summed E-state index contributed by atoms with van der Waals surface area (Å²) in [4.78, 5) is 75.1. The molecule has 0 radical (unpaired) electrons. The SMILES string of the molecule is C[Si](C)(c1cccc2c1C(=O)N(CC(=O)O)C2=O)c1cccc2c1C(=O)N(CC(=O)O)C2=O. The highest BCUT2D eigenvalue weighted by Crippen LogP contribution is 2.27. The zero-order valence-electron chi connectivity index (χ0n) is 17.6. The Hall–Kier alpha value is -4.12. The molecule has 4 amide bonds. The molecule has 33 heavy (non-hydrogen) atoms. The Morgan fingerprint density at radius 2 is 1.06 bits per heavy atom. The van der Waals surface area contributed by atoms with E-state index in [0.29, 0.717) is 20.2 Å². The van der Waals surface area contributed by atoms with E-state index in [-0.39, 0.29) is 22.3 Å². The fraction of sp³-hybridized carbons (Fsp3) is 0.182. The number of hydrogen-bond acceptors (Lipinski definition) is 6. The van der Waals surface area contributed by atoms with Crippen LogP contribution in [0.4, 0.5) is 0 Å². The van der Waals surface area contributed by atoms with E-state index in [4.69, 9.17) is 10.2 Å². The maximum atomic E-state index is 13.0. The largest absolute Gasteiger partial charge is 0.480 e. The summed E-state index contributed by atoms with van der Waals surface area (Å²) in [5.41, 5.74) is 0.359. The number of carboxylic acids is 2. The molecule has 0 unspecified atom stereocenters. The Bertz CT molecular complexity index is 1200. The number of carbonyl (C=O) groups excluding carboxylic acids is 4. The van der Waals surface area contributed by atoms with Crippen molar-refractivity contribution >= 4 is 54.0 Å². The lowest BCUT2D eigenvalue weighted by Gasteiger charge is -2.27. The van der Waals surface area contributed by atoms with E-state index in [1.54, 1.807) is 24.3 Å². The number of fused-ring (bicyclic) bond motifs is 2. The van der Waals surface area contributed by atoms with Gasteiger partial charge in [-0.15, -0.1) is 0 Å². The quantitative estimate of drug-likeness (QED) is 0.442. The van der Waals surface area contributed by atoms with E-state index in [2.05, 4.69) is 0 Å². The summed E-state index contributed by atoms with van der Waals surface area (Å²) in [6, 6.07) is 9.40. The van der Waals surface area contributed by atoms with Crippen molar-refractivity contribution in [3.8, 4) is 0 Å². The number of nitrogens with zero attached hydrogens (tertiary/aromatic N) is 2. The third kappa shape index (κ3) is 3.24. The first kappa shape index (κ1) is 22.1. The zero-order chi connectivity index (χ0) is 24.2.